The maximum atomic E-state index is 12.2. The van der Waals surface area contributed by atoms with Crippen LogP contribution in [0.25, 0.3) is 0 Å². The van der Waals surface area contributed by atoms with Gasteiger partial charge in [0.2, 0.25) is 0 Å². The Morgan fingerprint density at radius 1 is 1.10 bits per heavy atom. The van der Waals surface area contributed by atoms with Crippen LogP contribution in [0.15, 0.2) is 36.4 Å². The lowest BCUT2D eigenvalue weighted by Gasteiger charge is -2.45. The summed E-state index contributed by atoms with van der Waals surface area (Å²) in [4.78, 5) is 14.6. The lowest BCUT2D eigenvalue weighted by atomic mass is 9.84. The number of halogens is 2. The van der Waals surface area contributed by atoms with E-state index in [-0.39, 0.29) is 11.9 Å². The van der Waals surface area contributed by atoms with Crippen LogP contribution in [0.5, 0.6) is 5.75 Å². The third-order valence-electron chi connectivity index (χ3n) is 5.99. The van der Waals surface area contributed by atoms with E-state index in [0.29, 0.717) is 22.7 Å². The zero-order valence-corrected chi connectivity index (χ0v) is 19.8. The number of benzene rings is 2. The molecule has 6 heteroatoms. The Hall–Kier alpha value is -1.75. The van der Waals surface area contributed by atoms with Crippen molar-refractivity contribution >= 4 is 29.2 Å². The summed E-state index contributed by atoms with van der Waals surface area (Å²) in [5.74, 6) is 0.774. The van der Waals surface area contributed by atoms with Crippen molar-refractivity contribution in [2.75, 3.05) is 13.1 Å². The lowest BCUT2D eigenvalue weighted by Crippen LogP contribution is -2.57. The van der Waals surface area contributed by atoms with Crippen molar-refractivity contribution in [1.82, 2.24) is 4.90 Å². The van der Waals surface area contributed by atoms with E-state index < -0.39 is 5.60 Å². The summed E-state index contributed by atoms with van der Waals surface area (Å²) in [5.41, 5.74) is 3.09. The minimum Gasteiger partial charge on any atom is -0.489 e. The summed E-state index contributed by atoms with van der Waals surface area (Å²) in [6.07, 6.45) is 3.11. The third kappa shape index (κ3) is 5.36. The standard InChI is InChI=1S/C25H29Cl2NO3/c1-25(2,3)31-24(29)18-13-28(14-18)19-9-7-17-12-20(10-8-16(17)11-19)30-15-21-22(26)5-4-6-23(21)27/h4-6,8,10,12,18-19H,7,9,11,13-15H2,1-3H3. The van der Waals surface area contributed by atoms with Gasteiger partial charge >= 0.3 is 5.97 Å². The zero-order valence-electron chi connectivity index (χ0n) is 18.3. The van der Waals surface area contributed by atoms with E-state index in [4.69, 9.17) is 32.7 Å². The fourth-order valence-electron chi connectivity index (χ4n) is 4.28. The highest BCUT2D eigenvalue weighted by atomic mass is 35.5. The molecule has 0 N–H and O–H groups in total. The number of carbonyl (C=O) groups excluding carboxylic acids is 1. The molecule has 1 atom stereocenters. The molecule has 1 heterocycles. The van der Waals surface area contributed by atoms with Crippen LogP contribution < -0.4 is 4.74 Å². The Bertz CT molecular complexity index is 943. The summed E-state index contributed by atoms with van der Waals surface area (Å²) in [6.45, 7) is 7.70. The molecule has 1 saturated heterocycles. The van der Waals surface area contributed by atoms with Crippen LogP contribution in [0.1, 0.15) is 43.9 Å². The second-order valence-corrected chi connectivity index (χ2v) is 10.3. The summed E-state index contributed by atoms with van der Waals surface area (Å²) >= 11 is 12.5. The molecule has 0 radical (unpaired) electrons. The number of fused-ring (bicyclic) bond motifs is 1. The van der Waals surface area contributed by atoms with Gasteiger partial charge in [-0.3, -0.25) is 9.69 Å². The second kappa shape index (κ2) is 9.01. The SMILES string of the molecule is CC(C)(C)OC(=O)C1CN(C2CCc3cc(OCc4c(Cl)cccc4Cl)ccc3C2)C1. The summed E-state index contributed by atoms with van der Waals surface area (Å²) < 4.78 is 11.5. The van der Waals surface area contributed by atoms with Gasteiger partial charge in [0.1, 0.15) is 18.0 Å². The number of ether oxygens (including phenoxy) is 2. The van der Waals surface area contributed by atoms with Gasteiger partial charge in [0.25, 0.3) is 0 Å². The van der Waals surface area contributed by atoms with E-state index in [9.17, 15) is 4.79 Å². The largest absolute Gasteiger partial charge is 0.489 e. The molecular weight excluding hydrogens is 433 g/mol. The van der Waals surface area contributed by atoms with Crippen molar-refractivity contribution in [3.8, 4) is 5.75 Å². The smallest absolute Gasteiger partial charge is 0.312 e. The fourth-order valence-corrected chi connectivity index (χ4v) is 4.79. The van der Waals surface area contributed by atoms with Gasteiger partial charge in [-0.15, -0.1) is 0 Å². The molecular formula is C25H29Cl2NO3. The maximum Gasteiger partial charge on any atom is 0.312 e. The third-order valence-corrected chi connectivity index (χ3v) is 6.70. The van der Waals surface area contributed by atoms with Crippen molar-refractivity contribution in [1.29, 1.82) is 0 Å². The molecule has 1 unspecified atom stereocenters. The van der Waals surface area contributed by atoms with Crippen molar-refractivity contribution in [2.24, 2.45) is 5.92 Å². The van der Waals surface area contributed by atoms with Crippen LogP contribution >= 0.6 is 23.2 Å². The molecule has 4 nitrogen and oxygen atoms in total. The van der Waals surface area contributed by atoms with Crippen LogP contribution in [-0.4, -0.2) is 35.6 Å². The Kier molecular flexibility index (Phi) is 6.52. The van der Waals surface area contributed by atoms with Crippen LogP contribution in [0.2, 0.25) is 10.0 Å². The Labute approximate surface area is 194 Å². The Morgan fingerprint density at radius 2 is 1.81 bits per heavy atom. The Balaban J connectivity index is 1.32. The number of likely N-dealkylation sites (tertiary alicyclic amines) is 1. The van der Waals surface area contributed by atoms with E-state index in [1.807, 2.05) is 45.0 Å². The van der Waals surface area contributed by atoms with Crippen LogP contribution in [0, 0.1) is 5.92 Å². The number of rotatable bonds is 5. The van der Waals surface area contributed by atoms with Crippen molar-refractivity contribution in [3.63, 3.8) is 0 Å². The quantitative estimate of drug-likeness (QED) is 0.534. The van der Waals surface area contributed by atoms with E-state index in [2.05, 4.69) is 17.0 Å². The predicted octanol–water partition coefficient (Wildman–Crippen LogP) is 5.70. The molecule has 0 spiro atoms. The molecule has 0 aromatic heterocycles. The highest BCUT2D eigenvalue weighted by Crippen LogP contribution is 2.33. The second-order valence-electron chi connectivity index (χ2n) is 9.50. The molecule has 2 aromatic carbocycles. The number of nitrogens with zero attached hydrogens (tertiary/aromatic N) is 1. The van der Waals surface area contributed by atoms with Crippen LogP contribution in [-0.2, 0) is 29.0 Å². The summed E-state index contributed by atoms with van der Waals surface area (Å²) in [5, 5.41) is 1.24. The van der Waals surface area contributed by atoms with Crippen LogP contribution in [0.4, 0.5) is 0 Å². The van der Waals surface area contributed by atoms with E-state index >= 15 is 0 Å². The summed E-state index contributed by atoms with van der Waals surface area (Å²) in [6, 6.07) is 12.3. The highest BCUT2D eigenvalue weighted by molar-refractivity contribution is 6.35. The normalized spacial score (nSPS) is 19.5. The molecule has 0 saturated carbocycles. The molecule has 166 valence electrons. The first-order valence-corrected chi connectivity index (χ1v) is 11.6. The van der Waals surface area contributed by atoms with Gasteiger partial charge in [0, 0.05) is 34.7 Å². The molecule has 4 rings (SSSR count). The average Bonchev–Trinajstić information content (AvgIpc) is 2.65. The zero-order chi connectivity index (χ0) is 22.2. The van der Waals surface area contributed by atoms with Crippen molar-refractivity contribution in [3.05, 3.63) is 63.1 Å². The van der Waals surface area contributed by atoms with Crippen molar-refractivity contribution < 1.29 is 14.3 Å². The first-order chi connectivity index (χ1) is 14.7. The molecule has 2 aliphatic rings. The molecule has 1 aliphatic carbocycles. The first-order valence-electron chi connectivity index (χ1n) is 10.8. The molecule has 2 aromatic rings. The fraction of sp³-hybridized carbons (Fsp3) is 0.480. The number of esters is 1. The minimum absolute atomic E-state index is 0.00744. The Morgan fingerprint density at radius 3 is 2.48 bits per heavy atom. The topological polar surface area (TPSA) is 38.8 Å². The monoisotopic (exact) mass is 461 g/mol. The van der Waals surface area contributed by atoms with Gasteiger partial charge in [0.15, 0.2) is 0 Å². The molecule has 31 heavy (non-hydrogen) atoms. The molecule has 0 amide bonds. The predicted molar refractivity (Wildman–Crippen MR) is 124 cm³/mol. The first kappa shape index (κ1) is 22.4. The maximum absolute atomic E-state index is 12.2. The van der Waals surface area contributed by atoms with Gasteiger partial charge in [-0.1, -0.05) is 35.3 Å². The van der Waals surface area contributed by atoms with Gasteiger partial charge in [-0.05, 0) is 75.4 Å². The average molecular weight is 462 g/mol. The lowest BCUT2D eigenvalue weighted by molar-refractivity contribution is -0.167. The number of hydrogen-bond acceptors (Lipinski definition) is 4. The van der Waals surface area contributed by atoms with Crippen molar-refractivity contribution in [2.45, 2.75) is 58.3 Å². The highest BCUT2D eigenvalue weighted by Gasteiger charge is 2.39. The molecule has 1 fully saturated rings. The van der Waals surface area contributed by atoms with Crippen LogP contribution in [0.3, 0.4) is 0 Å². The number of aryl methyl sites for hydroxylation is 1. The minimum atomic E-state index is -0.418. The molecule has 0 bridgehead atoms. The summed E-state index contributed by atoms with van der Waals surface area (Å²) in [7, 11) is 0. The van der Waals surface area contributed by atoms with E-state index in [1.165, 1.54) is 11.1 Å². The van der Waals surface area contributed by atoms with E-state index in [1.54, 1.807) is 0 Å². The van der Waals surface area contributed by atoms with Gasteiger partial charge in [-0.2, -0.15) is 0 Å². The number of hydrogen-bond donors (Lipinski definition) is 0. The van der Waals surface area contributed by atoms with Gasteiger partial charge in [-0.25, -0.2) is 0 Å². The number of carbonyl (C=O) groups is 1. The van der Waals surface area contributed by atoms with Gasteiger partial charge < -0.3 is 9.47 Å². The molecule has 1 aliphatic heterocycles. The van der Waals surface area contributed by atoms with Gasteiger partial charge in [0.05, 0.1) is 5.92 Å². The van der Waals surface area contributed by atoms with E-state index in [0.717, 1.165) is 43.7 Å².